The summed E-state index contributed by atoms with van der Waals surface area (Å²) in [5.74, 6) is 0.838. The van der Waals surface area contributed by atoms with Crippen molar-refractivity contribution < 1.29 is 0 Å². The molecule has 3 aromatic rings. The summed E-state index contributed by atoms with van der Waals surface area (Å²) in [7, 11) is 3.80. The number of benzene rings is 1. The number of hydrogen-bond acceptors (Lipinski definition) is 2. The van der Waals surface area contributed by atoms with E-state index >= 15 is 0 Å². The van der Waals surface area contributed by atoms with E-state index in [1.165, 1.54) is 5.56 Å². The SMILES string of the molecule is CN=C(NCCc1cn2cccc(C)c2n1)N(C)Cc1ccccc1Cl. The molecule has 5 nitrogen and oxygen atoms in total. The van der Waals surface area contributed by atoms with Gasteiger partial charge in [-0.3, -0.25) is 4.99 Å². The molecule has 0 aliphatic rings. The maximum Gasteiger partial charge on any atom is 0.193 e. The van der Waals surface area contributed by atoms with Crippen LogP contribution in [0.15, 0.2) is 53.8 Å². The number of aliphatic imine (C=N–C) groups is 1. The quantitative estimate of drug-likeness (QED) is 0.552. The second-order valence-corrected chi connectivity index (χ2v) is 6.73. The Kier molecular flexibility index (Phi) is 5.78. The number of fused-ring (bicyclic) bond motifs is 1. The van der Waals surface area contributed by atoms with Crippen LogP contribution >= 0.6 is 11.6 Å². The van der Waals surface area contributed by atoms with E-state index in [2.05, 4.69) is 38.8 Å². The molecule has 2 heterocycles. The van der Waals surface area contributed by atoms with E-state index in [1.54, 1.807) is 7.05 Å². The highest BCUT2D eigenvalue weighted by molar-refractivity contribution is 6.31. The number of pyridine rings is 1. The van der Waals surface area contributed by atoms with Crippen LogP contribution in [0.5, 0.6) is 0 Å². The first kappa shape index (κ1) is 18.3. The zero-order valence-corrected chi connectivity index (χ0v) is 16.2. The zero-order chi connectivity index (χ0) is 18.5. The summed E-state index contributed by atoms with van der Waals surface area (Å²) < 4.78 is 2.07. The highest BCUT2D eigenvalue weighted by Crippen LogP contribution is 2.16. The van der Waals surface area contributed by atoms with E-state index in [0.29, 0.717) is 6.54 Å². The summed E-state index contributed by atoms with van der Waals surface area (Å²) in [6.07, 6.45) is 4.95. The van der Waals surface area contributed by atoms with E-state index in [4.69, 9.17) is 16.6 Å². The number of imidazole rings is 1. The highest BCUT2D eigenvalue weighted by Gasteiger charge is 2.09. The van der Waals surface area contributed by atoms with Crippen molar-refractivity contribution in [2.45, 2.75) is 19.9 Å². The lowest BCUT2D eigenvalue weighted by molar-refractivity contribution is 0.477. The summed E-state index contributed by atoms with van der Waals surface area (Å²) >= 11 is 6.25. The van der Waals surface area contributed by atoms with E-state index in [0.717, 1.165) is 40.9 Å². The van der Waals surface area contributed by atoms with Crippen LogP contribution in [-0.2, 0) is 13.0 Å². The summed E-state index contributed by atoms with van der Waals surface area (Å²) in [6, 6.07) is 12.0. The van der Waals surface area contributed by atoms with E-state index in [-0.39, 0.29) is 0 Å². The first-order valence-electron chi connectivity index (χ1n) is 8.67. The van der Waals surface area contributed by atoms with Gasteiger partial charge in [0.1, 0.15) is 5.65 Å². The van der Waals surface area contributed by atoms with E-state index in [9.17, 15) is 0 Å². The fourth-order valence-corrected chi connectivity index (χ4v) is 3.16. The predicted molar refractivity (Wildman–Crippen MR) is 108 cm³/mol. The standard InChI is InChI=1S/C20H24ClN5/c1-15-7-6-12-26-14-17(24-19(15)26)10-11-23-20(22-2)25(3)13-16-8-4-5-9-18(16)21/h4-9,12,14H,10-11,13H2,1-3H3,(H,22,23). The largest absolute Gasteiger partial charge is 0.356 e. The van der Waals surface area contributed by atoms with Gasteiger partial charge in [-0.1, -0.05) is 35.9 Å². The minimum Gasteiger partial charge on any atom is -0.356 e. The molecule has 1 N–H and O–H groups in total. The third-order valence-electron chi connectivity index (χ3n) is 4.33. The molecule has 0 radical (unpaired) electrons. The van der Waals surface area contributed by atoms with Gasteiger partial charge in [-0.25, -0.2) is 4.98 Å². The van der Waals surface area contributed by atoms with Crippen LogP contribution in [0.1, 0.15) is 16.8 Å². The molecule has 0 spiro atoms. The van der Waals surface area contributed by atoms with Gasteiger partial charge in [0.2, 0.25) is 0 Å². The zero-order valence-electron chi connectivity index (χ0n) is 15.4. The third kappa shape index (κ3) is 4.17. The van der Waals surface area contributed by atoms with Gasteiger partial charge in [0, 0.05) is 51.0 Å². The number of nitrogens with one attached hydrogen (secondary N) is 1. The van der Waals surface area contributed by atoms with Gasteiger partial charge >= 0.3 is 0 Å². The van der Waals surface area contributed by atoms with Crippen molar-refractivity contribution in [3.05, 3.63) is 70.6 Å². The molecule has 0 saturated carbocycles. The Bertz CT molecular complexity index is 915. The Balaban J connectivity index is 1.58. The summed E-state index contributed by atoms with van der Waals surface area (Å²) in [5.41, 5.74) is 4.34. The van der Waals surface area contributed by atoms with Gasteiger partial charge < -0.3 is 14.6 Å². The minimum atomic E-state index is 0.701. The Morgan fingerprint density at radius 2 is 2.08 bits per heavy atom. The topological polar surface area (TPSA) is 44.9 Å². The van der Waals surface area contributed by atoms with Crippen LogP contribution < -0.4 is 5.32 Å². The Labute approximate surface area is 159 Å². The number of rotatable bonds is 5. The average Bonchev–Trinajstić information content (AvgIpc) is 3.05. The van der Waals surface area contributed by atoms with Gasteiger partial charge in [-0.15, -0.1) is 0 Å². The summed E-state index contributed by atoms with van der Waals surface area (Å²) in [6.45, 7) is 3.55. The molecule has 0 aliphatic carbocycles. The fourth-order valence-electron chi connectivity index (χ4n) is 2.97. The number of guanidine groups is 1. The van der Waals surface area contributed by atoms with Gasteiger partial charge in [0.25, 0.3) is 0 Å². The summed E-state index contributed by atoms with van der Waals surface area (Å²) in [4.78, 5) is 11.1. The van der Waals surface area contributed by atoms with Crippen molar-refractivity contribution in [1.82, 2.24) is 19.6 Å². The molecule has 136 valence electrons. The summed E-state index contributed by atoms with van der Waals surface area (Å²) in [5, 5.41) is 4.17. The first-order valence-corrected chi connectivity index (χ1v) is 9.04. The monoisotopic (exact) mass is 369 g/mol. The number of aryl methyl sites for hydroxylation is 1. The van der Waals surface area contributed by atoms with E-state index in [1.807, 2.05) is 43.6 Å². The van der Waals surface area contributed by atoms with E-state index < -0.39 is 0 Å². The van der Waals surface area contributed by atoms with Gasteiger partial charge in [-0.05, 0) is 30.2 Å². The molecule has 0 amide bonds. The third-order valence-corrected chi connectivity index (χ3v) is 4.70. The van der Waals surface area contributed by atoms with Gasteiger partial charge in [0.05, 0.1) is 5.69 Å². The molecule has 0 aliphatic heterocycles. The fraction of sp³-hybridized carbons (Fsp3) is 0.300. The molecule has 1 aromatic carbocycles. The van der Waals surface area contributed by atoms with Crippen LogP contribution in [0.25, 0.3) is 5.65 Å². The van der Waals surface area contributed by atoms with Crippen LogP contribution in [-0.4, -0.2) is 40.9 Å². The average molecular weight is 370 g/mol. The minimum absolute atomic E-state index is 0.701. The van der Waals surface area contributed by atoms with Crippen LogP contribution in [0.4, 0.5) is 0 Å². The number of nitrogens with zero attached hydrogens (tertiary/aromatic N) is 4. The molecule has 6 heteroatoms. The molecular weight excluding hydrogens is 346 g/mol. The number of halogens is 1. The Hall–Kier alpha value is -2.53. The lowest BCUT2D eigenvalue weighted by Gasteiger charge is -2.22. The lowest BCUT2D eigenvalue weighted by atomic mass is 10.2. The maximum absolute atomic E-state index is 6.25. The second-order valence-electron chi connectivity index (χ2n) is 6.33. The van der Waals surface area contributed by atoms with Crippen molar-refractivity contribution >= 4 is 23.2 Å². The molecule has 0 fully saturated rings. The van der Waals surface area contributed by atoms with Crippen molar-refractivity contribution in [2.24, 2.45) is 4.99 Å². The Morgan fingerprint density at radius 3 is 2.81 bits per heavy atom. The lowest BCUT2D eigenvalue weighted by Crippen LogP contribution is -2.39. The van der Waals surface area contributed by atoms with Crippen molar-refractivity contribution in [3.63, 3.8) is 0 Å². The Morgan fingerprint density at radius 1 is 1.27 bits per heavy atom. The number of aromatic nitrogens is 2. The van der Waals surface area contributed by atoms with Crippen LogP contribution in [0, 0.1) is 6.92 Å². The van der Waals surface area contributed by atoms with Crippen molar-refractivity contribution in [1.29, 1.82) is 0 Å². The van der Waals surface area contributed by atoms with Crippen LogP contribution in [0.2, 0.25) is 5.02 Å². The highest BCUT2D eigenvalue weighted by atomic mass is 35.5. The van der Waals surface area contributed by atoms with Crippen LogP contribution in [0.3, 0.4) is 0 Å². The second kappa shape index (κ2) is 8.23. The van der Waals surface area contributed by atoms with Gasteiger partial charge in [0.15, 0.2) is 5.96 Å². The maximum atomic E-state index is 6.25. The molecule has 26 heavy (non-hydrogen) atoms. The molecule has 3 rings (SSSR count). The molecule has 0 saturated heterocycles. The normalized spacial score (nSPS) is 11.8. The predicted octanol–water partition coefficient (Wildman–Crippen LogP) is 3.55. The molecule has 0 atom stereocenters. The molecule has 0 bridgehead atoms. The molecular formula is C20H24ClN5. The van der Waals surface area contributed by atoms with Crippen molar-refractivity contribution in [3.8, 4) is 0 Å². The number of hydrogen-bond donors (Lipinski definition) is 1. The molecule has 2 aromatic heterocycles. The molecule has 0 unspecified atom stereocenters. The first-order chi connectivity index (χ1) is 12.6. The smallest absolute Gasteiger partial charge is 0.193 e. The van der Waals surface area contributed by atoms with Gasteiger partial charge in [-0.2, -0.15) is 0 Å². The van der Waals surface area contributed by atoms with Crippen molar-refractivity contribution in [2.75, 3.05) is 20.6 Å².